The SMILES string of the molecule is CCCC(C)(N)C(=O)N1Cc2ccccc2CC1C(=O)O. The van der Waals surface area contributed by atoms with Gasteiger partial charge in [0.2, 0.25) is 5.91 Å². The van der Waals surface area contributed by atoms with Crippen LogP contribution in [0.2, 0.25) is 0 Å². The van der Waals surface area contributed by atoms with Crippen molar-refractivity contribution in [1.29, 1.82) is 0 Å². The second-order valence-corrected chi connectivity index (χ2v) is 5.93. The molecule has 0 aromatic heterocycles. The van der Waals surface area contributed by atoms with Gasteiger partial charge in [0.15, 0.2) is 0 Å². The summed E-state index contributed by atoms with van der Waals surface area (Å²) >= 11 is 0. The smallest absolute Gasteiger partial charge is 0.326 e. The van der Waals surface area contributed by atoms with Gasteiger partial charge < -0.3 is 15.7 Å². The van der Waals surface area contributed by atoms with E-state index in [4.69, 9.17) is 5.73 Å². The lowest BCUT2D eigenvalue weighted by molar-refractivity contribution is -0.153. The van der Waals surface area contributed by atoms with E-state index >= 15 is 0 Å². The van der Waals surface area contributed by atoms with Gasteiger partial charge in [0.25, 0.3) is 0 Å². The number of carboxylic acids is 1. The van der Waals surface area contributed by atoms with Crippen LogP contribution in [0.5, 0.6) is 0 Å². The van der Waals surface area contributed by atoms with E-state index in [1.165, 1.54) is 4.90 Å². The summed E-state index contributed by atoms with van der Waals surface area (Å²) in [4.78, 5) is 25.6. The lowest BCUT2D eigenvalue weighted by Crippen LogP contribution is -2.59. The summed E-state index contributed by atoms with van der Waals surface area (Å²) in [5.74, 6) is -1.27. The van der Waals surface area contributed by atoms with Gasteiger partial charge in [-0.05, 0) is 24.5 Å². The number of rotatable bonds is 4. The van der Waals surface area contributed by atoms with Crippen molar-refractivity contribution in [1.82, 2.24) is 4.90 Å². The summed E-state index contributed by atoms with van der Waals surface area (Å²) in [6.45, 7) is 3.94. The molecule has 1 aromatic rings. The monoisotopic (exact) mass is 290 g/mol. The molecule has 2 atom stereocenters. The molecule has 2 rings (SSSR count). The third-order valence-electron chi connectivity index (χ3n) is 4.05. The van der Waals surface area contributed by atoms with Crippen molar-refractivity contribution in [2.45, 2.75) is 51.2 Å². The highest BCUT2D eigenvalue weighted by atomic mass is 16.4. The van der Waals surface area contributed by atoms with Gasteiger partial charge in [-0.2, -0.15) is 0 Å². The summed E-state index contributed by atoms with van der Waals surface area (Å²) in [5, 5.41) is 9.44. The van der Waals surface area contributed by atoms with Gasteiger partial charge >= 0.3 is 5.97 Å². The minimum Gasteiger partial charge on any atom is -0.480 e. The van der Waals surface area contributed by atoms with Crippen LogP contribution in [0.1, 0.15) is 37.8 Å². The normalized spacial score (nSPS) is 20.5. The number of carboxylic acid groups (broad SMARTS) is 1. The Bertz CT molecular complexity index is 554. The standard InChI is InChI=1S/C16H22N2O3/c1-3-8-16(2,17)15(21)18-10-12-7-5-4-6-11(12)9-13(18)14(19)20/h4-7,13H,3,8-10,17H2,1-2H3,(H,19,20). The predicted molar refractivity (Wildman–Crippen MR) is 79.6 cm³/mol. The molecule has 2 unspecified atom stereocenters. The quantitative estimate of drug-likeness (QED) is 0.881. The zero-order valence-electron chi connectivity index (χ0n) is 12.5. The molecule has 1 amide bonds. The molecule has 114 valence electrons. The highest BCUT2D eigenvalue weighted by Crippen LogP contribution is 2.26. The van der Waals surface area contributed by atoms with Gasteiger partial charge in [-0.3, -0.25) is 4.79 Å². The maximum absolute atomic E-state index is 12.7. The van der Waals surface area contributed by atoms with E-state index in [-0.39, 0.29) is 5.91 Å². The number of carbonyl (C=O) groups is 2. The van der Waals surface area contributed by atoms with E-state index in [9.17, 15) is 14.7 Å². The van der Waals surface area contributed by atoms with Crippen molar-refractivity contribution in [3.63, 3.8) is 0 Å². The van der Waals surface area contributed by atoms with Crippen LogP contribution in [-0.4, -0.2) is 33.5 Å². The predicted octanol–water partition coefficient (Wildman–Crippen LogP) is 1.54. The molecule has 1 aromatic carbocycles. The molecule has 0 saturated carbocycles. The van der Waals surface area contributed by atoms with Crippen LogP contribution in [0.3, 0.4) is 0 Å². The largest absolute Gasteiger partial charge is 0.480 e. The maximum Gasteiger partial charge on any atom is 0.326 e. The first kappa shape index (κ1) is 15.5. The van der Waals surface area contributed by atoms with Crippen LogP contribution < -0.4 is 5.73 Å². The Morgan fingerprint density at radius 3 is 2.57 bits per heavy atom. The van der Waals surface area contributed by atoms with Gasteiger partial charge in [0.1, 0.15) is 6.04 Å². The van der Waals surface area contributed by atoms with Crippen molar-refractivity contribution < 1.29 is 14.7 Å². The molecule has 1 aliphatic heterocycles. The molecule has 1 heterocycles. The Hall–Kier alpha value is -1.88. The second kappa shape index (κ2) is 5.85. The van der Waals surface area contributed by atoms with Gasteiger partial charge in [0.05, 0.1) is 5.54 Å². The van der Waals surface area contributed by atoms with Crippen molar-refractivity contribution in [3.8, 4) is 0 Å². The van der Waals surface area contributed by atoms with Crippen LogP contribution in [0.25, 0.3) is 0 Å². The van der Waals surface area contributed by atoms with E-state index in [0.717, 1.165) is 17.5 Å². The summed E-state index contributed by atoms with van der Waals surface area (Å²) in [6.07, 6.45) is 1.65. The number of nitrogens with zero attached hydrogens (tertiary/aromatic N) is 1. The van der Waals surface area contributed by atoms with Crippen LogP contribution >= 0.6 is 0 Å². The number of hydrogen-bond acceptors (Lipinski definition) is 3. The molecular weight excluding hydrogens is 268 g/mol. The highest BCUT2D eigenvalue weighted by Gasteiger charge is 2.40. The summed E-state index contributed by atoms with van der Waals surface area (Å²) in [5.41, 5.74) is 7.07. The molecule has 0 spiro atoms. The molecule has 0 radical (unpaired) electrons. The number of amides is 1. The maximum atomic E-state index is 12.7. The molecule has 1 aliphatic rings. The molecule has 3 N–H and O–H groups in total. The Morgan fingerprint density at radius 2 is 2.00 bits per heavy atom. The fourth-order valence-electron chi connectivity index (χ4n) is 2.91. The molecule has 0 saturated heterocycles. The first-order valence-electron chi connectivity index (χ1n) is 7.26. The molecule has 0 aliphatic carbocycles. The lowest BCUT2D eigenvalue weighted by atomic mass is 9.89. The van der Waals surface area contributed by atoms with Crippen molar-refractivity contribution >= 4 is 11.9 Å². The fourth-order valence-corrected chi connectivity index (χ4v) is 2.91. The van der Waals surface area contributed by atoms with Crippen LogP contribution in [0.4, 0.5) is 0 Å². The van der Waals surface area contributed by atoms with Gasteiger partial charge in [-0.15, -0.1) is 0 Å². The zero-order valence-corrected chi connectivity index (χ0v) is 12.5. The average molecular weight is 290 g/mol. The lowest BCUT2D eigenvalue weighted by Gasteiger charge is -2.39. The van der Waals surface area contributed by atoms with Crippen molar-refractivity contribution in [3.05, 3.63) is 35.4 Å². The summed E-state index contributed by atoms with van der Waals surface area (Å²) in [7, 11) is 0. The topological polar surface area (TPSA) is 83.6 Å². The first-order chi connectivity index (χ1) is 9.86. The Labute approximate surface area is 124 Å². The molecule has 5 nitrogen and oxygen atoms in total. The van der Waals surface area contributed by atoms with Crippen LogP contribution in [0.15, 0.2) is 24.3 Å². The van der Waals surface area contributed by atoms with E-state index in [2.05, 4.69) is 0 Å². The molecule has 5 heteroatoms. The number of benzene rings is 1. The minimum atomic E-state index is -1.02. The van der Waals surface area contributed by atoms with E-state index in [1.54, 1.807) is 6.92 Å². The van der Waals surface area contributed by atoms with Crippen LogP contribution in [-0.2, 0) is 22.6 Å². The van der Waals surface area contributed by atoms with Crippen molar-refractivity contribution in [2.75, 3.05) is 0 Å². The molecule has 0 bridgehead atoms. The third kappa shape index (κ3) is 3.08. The molecule has 0 fully saturated rings. The first-order valence-corrected chi connectivity index (χ1v) is 7.26. The average Bonchev–Trinajstić information content (AvgIpc) is 2.44. The van der Waals surface area contributed by atoms with Gasteiger partial charge in [-0.1, -0.05) is 37.6 Å². The number of carbonyl (C=O) groups excluding carboxylic acids is 1. The Morgan fingerprint density at radius 1 is 1.38 bits per heavy atom. The third-order valence-corrected chi connectivity index (χ3v) is 4.05. The van der Waals surface area contributed by atoms with E-state index in [0.29, 0.717) is 19.4 Å². The number of hydrogen-bond donors (Lipinski definition) is 2. The Balaban J connectivity index is 2.33. The molecular formula is C16H22N2O3. The van der Waals surface area contributed by atoms with E-state index < -0.39 is 17.6 Å². The summed E-state index contributed by atoms with van der Waals surface area (Å²) in [6, 6.07) is 6.80. The fraction of sp³-hybridized carbons (Fsp3) is 0.500. The minimum absolute atomic E-state index is 0.286. The number of aliphatic carboxylic acids is 1. The summed E-state index contributed by atoms with van der Waals surface area (Å²) < 4.78 is 0. The zero-order chi connectivity index (χ0) is 15.6. The van der Waals surface area contributed by atoms with Gasteiger partial charge in [0, 0.05) is 13.0 Å². The number of nitrogens with two attached hydrogens (primary N) is 1. The second-order valence-electron chi connectivity index (χ2n) is 5.93. The van der Waals surface area contributed by atoms with Crippen LogP contribution in [0, 0.1) is 0 Å². The molecule has 21 heavy (non-hydrogen) atoms. The Kier molecular flexibility index (Phi) is 4.32. The highest BCUT2D eigenvalue weighted by molar-refractivity contribution is 5.90. The van der Waals surface area contributed by atoms with Gasteiger partial charge in [-0.25, -0.2) is 4.79 Å². The van der Waals surface area contributed by atoms with E-state index in [1.807, 2.05) is 31.2 Å². The van der Waals surface area contributed by atoms with Crippen molar-refractivity contribution in [2.24, 2.45) is 5.73 Å². The number of fused-ring (bicyclic) bond motifs is 1.